The molecule has 1 fully saturated rings. The third-order valence-electron chi connectivity index (χ3n) is 5.56. The second kappa shape index (κ2) is 10.1. The molecule has 0 spiro atoms. The molecule has 1 saturated heterocycles. The molecule has 160 valence electrons. The number of hydrogen-bond donors (Lipinski definition) is 1. The molecule has 1 aliphatic heterocycles. The van der Waals surface area contributed by atoms with Crippen LogP contribution in [0.2, 0.25) is 0 Å². The molecule has 0 bridgehead atoms. The zero-order valence-electron chi connectivity index (χ0n) is 17.6. The first-order chi connectivity index (χ1) is 15.2. The summed E-state index contributed by atoms with van der Waals surface area (Å²) in [6.45, 7) is 2.67. The van der Waals surface area contributed by atoms with Crippen LogP contribution in [0.1, 0.15) is 29.5 Å². The van der Waals surface area contributed by atoms with E-state index in [-0.39, 0.29) is 11.9 Å². The third kappa shape index (κ3) is 5.86. The Bertz CT molecular complexity index is 989. The molecule has 1 heterocycles. The van der Waals surface area contributed by atoms with E-state index in [1.807, 2.05) is 54.6 Å². The van der Waals surface area contributed by atoms with E-state index in [0.29, 0.717) is 13.2 Å². The van der Waals surface area contributed by atoms with Gasteiger partial charge < -0.3 is 15.2 Å². The Morgan fingerprint density at radius 2 is 1.45 bits per heavy atom. The number of nitrogens with two attached hydrogens (primary N) is 1. The zero-order valence-corrected chi connectivity index (χ0v) is 17.6. The van der Waals surface area contributed by atoms with Crippen molar-refractivity contribution in [3.63, 3.8) is 0 Å². The van der Waals surface area contributed by atoms with Crippen LogP contribution >= 0.6 is 0 Å². The van der Waals surface area contributed by atoms with Crippen molar-refractivity contribution in [2.24, 2.45) is 5.73 Å². The van der Waals surface area contributed by atoms with E-state index in [0.717, 1.165) is 48.6 Å². The van der Waals surface area contributed by atoms with Crippen molar-refractivity contribution in [3.8, 4) is 11.5 Å². The van der Waals surface area contributed by atoms with Crippen molar-refractivity contribution in [1.29, 1.82) is 0 Å². The largest absolute Gasteiger partial charge is 0.489 e. The highest BCUT2D eigenvalue weighted by atomic mass is 16.5. The predicted molar refractivity (Wildman–Crippen MR) is 121 cm³/mol. The van der Waals surface area contributed by atoms with Crippen molar-refractivity contribution in [1.82, 2.24) is 4.90 Å². The predicted octanol–water partition coefficient (Wildman–Crippen LogP) is 4.29. The molecule has 1 atom stereocenters. The summed E-state index contributed by atoms with van der Waals surface area (Å²) in [5.41, 5.74) is 8.91. The minimum Gasteiger partial charge on any atom is -0.489 e. The van der Waals surface area contributed by atoms with E-state index in [2.05, 4.69) is 29.2 Å². The third-order valence-corrected chi connectivity index (χ3v) is 5.56. The van der Waals surface area contributed by atoms with Crippen molar-refractivity contribution < 1.29 is 14.3 Å². The van der Waals surface area contributed by atoms with E-state index >= 15 is 0 Å². The summed E-state index contributed by atoms with van der Waals surface area (Å²) in [7, 11) is 0. The molecule has 5 nitrogen and oxygen atoms in total. The second-order valence-corrected chi connectivity index (χ2v) is 7.89. The fourth-order valence-corrected chi connectivity index (χ4v) is 3.87. The van der Waals surface area contributed by atoms with E-state index in [9.17, 15) is 4.79 Å². The molecule has 0 radical (unpaired) electrons. The normalized spacial score (nSPS) is 16.2. The van der Waals surface area contributed by atoms with Crippen molar-refractivity contribution in [2.75, 3.05) is 6.54 Å². The molecule has 5 heteroatoms. The maximum absolute atomic E-state index is 11.6. The average molecular weight is 417 g/mol. The van der Waals surface area contributed by atoms with Gasteiger partial charge in [-0.2, -0.15) is 0 Å². The number of carbonyl (C=O) groups excluding carboxylic acids is 1. The first-order valence-corrected chi connectivity index (χ1v) is 10.7. The number of rotatable bonds is 9. The molecule has 0 saturated carbocycles. The van der Waals surface area contributed by atoms with Crippen LogP contribution in [0.4, 0.5) is 0 Å². The van der Waals surface area contributed by atoms with Crippen molar-refractivity contribution >= 4 is 5.91 Å². The quantitative estimate of drug-likeness (QED) is 0.565. The number of hydrogen-bond acceptors (Lipinski definition) is 4. The fourth-order valence-electron chi connectivity index (χ4n) is 3.87. The SMILES string of the molecule is NC(=O)[C@H]1CCCN1Cc1ccc(COc2cccc(OCc3ccccc3)c2)cc1. The summed E-state index contributed by atoms with van der Waals surface area (Å²) < 4.78 is 11.8. The lowest BCUT2D eigenvalue weighted by atomic mass is 10.1. The maximum atomic E-state index is 11.6. The van der Waals surface area contributed by atoms with Gasteiger partial charge in [-0.25, -0.2) is 0 Å². The Hall–Kier alpha value is -3.31. The lowest BCUT2D eigenvalue weighted by Crippen LogP contribution is -2.39. The molecular weight excluding hydrogens is 388 g/mol. The lowest BCUT2D eigenvalue weighted by Gasteiger charge is -2.21. The molecule has 0 aromatic heterocycles. The van der Waals surface area contributed by atoms with Crippen LogP contribution in [0.15, 0.2) is 78.9 Å². The number of benzene rings is 3. The standard InChI is InChI=1S/C26H28N2O3/c27-26(29)25-10-5-15-28(25)17-20-11-13-22(14-12-20)19-31-24-9-4-8-23(16-24)30-18-21-6-2-1-3-7-21/h1-4,6-9,11-14,16,25H,5,10,15,17-19H2,(H2,27,29)/t25-/m1/s1. The first kappa shape index (κ1) is 20.9. The molecule has 1 amide bonds. The molecule has 0 aliphatic carbocycles. The minimum atomic E-state index is -0.225. The molecule has 0 unspecified atom stereocenters. The van der Waals surface area contributed by atoms with Gasteiger partial charge in [-0.05, 0) is 48.2 Å². The van der Waals surface area contributed by atoms with Crippen molar-refractivity contribution in [2.45, 2.75) is 38.6 Å². The summed E-state index contributed by atoms with van der Waals surface area (Å²) >= 11 is 0. The topological polar surface area (TPSA) is 64.8 Å². The van der Waals surface area contributed by atoms with E-state index in [1.54, 1.807) is 0 Å². The Morgan fingerprint density at radius 3 is 2.10 bits per heavy atom. The molecule has 1 aliphatic rings. The van der Waals surface area contributed by atoms with Crippen LogP contribution < -0.4 is 15.2 Å². The first-order valence-electron chi connectivity index (χ1n) is 10.7. The number of carbonyl (C=O) groups is 1. The molecule has 3 aromatic carbocycles. The molecular formula is C26H28N2O3. The smallest absolute Gasteiger partial charge is 0.234 e. The minimum absolute atomic E-state index is 0.139. The van der Waals surface area contributed by atoms with E-state index in [4.69, 9.17) is 15.2 Å². The fraction of sp³-hybridized carbons (Fsp3) is 0.269. The van der Waals surface area contributed by atoms with Crippen LogP contribution in [0.5, 0.6) is 11.5 Å². The molecule has 4 rings (SSSR count). The van der Waals surface area contributed by atoms with Gasteiger partial charge in [0.1, 0.15) is 24.7 Å². The van der Waals surface area contributed by atoms with Gasteiger partial charge in [-0.3, -0.25) is 9.69 Å². The molecule has 2 N–H and O–H groups in total. The van der Waals surface area contributed by atoms with Gasteiger partial charge in [-0.15, -0.1) is 0 Å². The van der Waals surface area contributed by atoms with Gasteiger partial charge in [-0.1, -0.05) is 60.7 Å². The summed E-state index contributed by atoms with van der Waals surface area (Å²) in [6.07, 6.45) is 1.88. The second-order valence-electron chi connectivity index (χ2n) is 7.89. The number of primary amides is 1. The van der Waals surface area contributed by atoms with Gasteiger partial charge in [0, 0.05) is 12.6 Å². The number of ether oxygens (including phenoxy) is 2. The number of nitrogens with zero attached hydrogens (tertiary/aromatic N) is 1. The van der Waals surface area contributed by atoms with Gasteiger partial charge in [0.25, 0.3) is 0 Å². The highest BCUT2D eigenvalue weighted by Crippen LogP contribution is 2.23. The van der Waals surface area contributed by atoms with Crippen LogP contribution in [-0.4, -0.2) is 23.4 Å². The highest BCUT2D eigenvalue weighted by Gasteiger charge is 2.28. The van der Waals surface area contributed by atoms with Gasteiger partial charge in [0.05, 0.1) is 6.04 Å². The van der Waals surface area contributed by atoms with Gasteiger partial charge in [0.15, 0.2) is 0 Å². The van der Waals surface area contributed by atoms with Gasteiger partial charge >= 0.3 is 0 Å². The van der Waals surface area contributed by atoms with E-state index in [1.165, 1.54) is 5.56 Å². The Balaban J connectivity index is 1.28. The maximum Gasteiger partial charge on any atom is 0.234 e. The van der Waals surface area contributed by atoms with Crippen molar-refractivity contribution in [3.05, 3.63) is 95.6 Å². The average Bonchev–Trinajstić information content (AvgIpc) is 3.27. The van der Waals surface area contributed by atoms with Crippen LogP contribution in [0, 0.1) is 0 Å². The summed E-state index contributed by atoms with van der Waals surface area (Å²) in [5.74, 6) is 1.33. The summed E-state index contributed by atoms with van der Waals surface area (Å²) in [6, 6.07) is 26.0. The molecule has 3 aromatic rings. The monoisotopic (exact) mass is 416 g/mol. The van der Waals surface area contributed by atoms with E-state index < -0.39 is 0 Å². The Morgan fingerprint density at radius 1 is 0.839 bits per heavy atom. The summed E-state index contributed by atoms with van der Waals surface area (Å²) in [4.78, 5) is 13.7. The molecule has 31 heavy (non-hydrogen) atoms. The Kier molecular flexibility index (Phi) is 6.85. The Labute approximate surface area is 183 Å². The van der Waals surface area contributed by atoms with Gasteiger partial charge in [0.2, 0.25) is 5.91 Å². The number of amides is 1. The summed E-state index contributed by atoms with van der Waals surface area (Å²) in [5, 5.41) is 0. The van der Waals surface area contributed by atoms with Crippen LogP contribution in [0.3, 0.4) is 0 Å². The highest BCUT2D eigenvalue weighted by molar-refractivity contribution is 5.80. The number of likely N-dealkylation sites (tertiary alicyclic amines) is 1. The van der Waals surface area contributed by atoms with Crippen LogP contribution in [-0.2, 0) is 24.6 Å². The van der Waals surface area contributed by atoms with Crippen LogP contribution in [0.25, 0.3) is 0 Å². The lowest BCUT2D eigenvalue weighted by molar-refractivity contribution is -0.122. The zero-order chi connectivity index (χ0) is 21.5.